The highest BCUT2D eigenvalue weighted by atomic mass is 19.1. The molecule has 154 valence electrons. The number of hydrogen-bond donors (Lipinski definition) is 1. The zero-order valence-corrected chi connectivity index (χ0v) is 17.1. The molecule has 2 rings (SSSR count). The lowest BCUT2D eigenvalue weighted by atomic mass is 9.95. The van der Waals surface area contributed by atoms with E-state index in [4.69, 9.17) is 0 Å². The third kappa shape index (κ3) is 6.04. The van der Waals surface area contributed by atoms with Gasteiger partial charge in [0.15, 0.2) is 0 Å². The van der Waals surface area contributed by atoms with Gasteiger partial charge in [-0.25, -0.2) is 4.39 Å². The summed E-state index contributed by atoms with van der Waals surface area (Å²) in [7, 11) is 0. The smallest absolute Gasteiger partial charge is 0.253 e. The van der Waals surface area contributed by atoms with Crippen molar-refractivity contribution in [3.63, 3.8) is 0 Å². The minimum absolute atomic E-state index is 0.00894. The molecule has 7 heteroatoms. The van der Waals surface area contributed by atoms with Gasteiger partial charge in [0, 0.05) is 30.7 Å². The number of benzene rings is 1. The number of carbonyl (C=O) groups is 3. The summed E-state index contributed by atoms with van der Waals surface area (Å²) < 4.78 is 13.1. The van der Waals surface area contributed by atoms with Crippen molar-refractivity contribution in [1.29, 1.82) is 0 Å². The Balaban J connectivity index is 2.01. The third-order valence-electron chi connectivity index (χ3n) is 4.69. The van der Waals surface area contributed by atoms with Crippen LogP contribution in [0.25, 0.3) is 0 Å². The van der Waals surface area contributed by atoms with Crippen LogP contribution < -0.4 is 5.32 Å². The molecule has 1 N–H and O–H groups in total. The van der Waals surface area contributed by atoms with Gasteiger partial charge in [0.1, 0.15) is 5.82 Å². The molecule has 1 aromatic rings. The molecule has 1 saturated heterocycles. The Morgan fingerprint density at radius 3 is 2.43 bits per heavy atom. The molecule has 1 heterocycles. The number of nitrogens with zero attached hydrogens (tertiary/aromatic N) is 2. The first kappa shape index (κ1) is 21.9. The van der Waals surface area contributed by atoms with E-state index in [-0.39, 0.29) is 35.7 Å². The zero-order valence-electron chi connectivity index (χ0n) is 17.1. The molecule has 1 fully saturated rings. The number of nitrogens with one attached hydrogen (secondary N) is 1. The van der Waals surface area contributed by atoms with Gasteiger partial charge in [-0.05, 0) is 64.8 Å². The van der Waals surface area contributed by atoms with Gasteiger partial charge < -0.3 is 15.1 Å². The lowest BCUT2D eigenvalue weighted by Crippen LogP contribution is -2.51. The Labute approximate surface area is 166 Å². The number of hydrogen-bond acceptors (Lipinski definition) is 3. The van der Waals surface area contributed by atoms with Crippen molar-refractivity contribution < 1.29 is 18.8 Å². The van der Waals surface area contributed by atoms with E-state index in [9.17, 15) is 18.8 Å². The topological polar surface area (TPSA) is 69.7 Å². The van der Waals surface area contributed by atoms with Gasteiger partial charge in [-0.1, -0.05) is 0 Å². The second-order valence-corrected chi connectivity index (χ2v) is 8.25. The summed E-state index contributed by atoms with van der Waals surface area (Å²) in [5, 5.41) is 2.87. The number of piperidine rings is 1. The number of rotatable bonds is 5. The van der Waals surface area contributed by atoms with Crippen molar-refractivity contribution in [3.8, 4) is 0 Å². The van der Waals surface area contributed by atoms with Crippen LogP contribution in [0.5, 0.6) is 0 Å². The average molecular weight is 391 g/mol. The quantitative estimate of drug-likeness (QED) is 0.838. The Morgan fingerprint density at radius 2 is 1.86 bits per heavy atom. The van der Waals surface area contributed by atoms with Gasteiger partial charge in [0.25, 0.3) is 5.91 Å². The van der Waals surface area contributed by atoms with E-state index in [1.54, 1.807) is 4.90 Å². The molecule has 1 unspecified atom stereocenters. The molecule has 0 aliphatic carbocycles. The minimum Gasteiger partial charge on any atom is -0.350 e. The van der Waals surface area contributed by atoms with Gasteiger partial charge in [0.05, 0.1) is 12.5 Å². The van der Waals surface area contributed by atoms with Crippen molar-refractivity contribution in [1.82, 2.24) is 15.1 Å². The van der Waals surface area contributed by atoms with Crippen LogP contribution in [0.4, 0.5) is 4.39 Å². The van der Waals surface area contributed by atoms with Gasteiger partial charge in [0.2, 0.25) is 11.8 Å². The van der Waals surface area contributed by atoms with Crippen LogP contribution in [-0.4, -0.2) is 59.2 Å². The van der Waals surface area contributed by atoms with E-state index in [0.29, 0.717) is 31.6 Å². The molecule has 0 radical (unpaired) electrons. The highest BCUT2D eigenvalue weighted by Gasteiger charge is 2.32. The minimum atomic E-state index is -0.393. The maximum Gasteiger partial charge on any atom is 0.253 e. The summed E-state index contributed by atoms with van der Waals surface area (Å²) in [5.41, 5.74) is 0.0503. The molecule has 6 nitrogen and oxygen atoms in total. The fraction of sp³-hybridized carbons (Fsp3) is 0.571. The van der Waals surface area contributed by atoms with Crippen molar-refractivity contribution in [2.45, 2.75) is 46.1 Å². The van der Waals surface area contributed by atoms with Crippen molar-refractivity contribution in [3.05, 3.63) is 35.6 Å². The van der Waals surface area contributed by atoms with E-state index < -0.39 is 5.82 Å². The van der Waals surface area contributed by atoms with Crippen LogP contribution in [0.2, 0.25) is 0 Å². The van der Waals surface area contributed by atoms with E-state index in [1.807, 2.05) is 27.7 Å². The van der Waals surface area contributed by atoms with Crippen molar-refractivity contribution in [2.75, 3.05) is 26.2 Å². The summed E-state index contributed by atoms with van der Waals surface area (Å²) in [6.07, 6.45) is 1.40. The first-order valence-electron chi connectivity index (χ1n) is 9.75. The largest absolute Gasteiger partial charge is 0.350 e. The van der Waals surface area contributed by atoms with E-state index in [0.717, 1.165) is 6.42 Å². The first-order valence-corrected chi connectivity index (χ1v) is 9.75. The molecule has 28 heavy (non-hydrogen) atoms. The normalized spacial score (nSPS) is 17.2. The third-order valence-corrected chi connectivity index (χ3v) is 4.69. The summed E-state index contributed by atoms with van der Waals surface area (Å²) >= 11 is 0. The second kappa shape index (κ2) is 9.17. The van der Waals surface area contributed by atoms with Gasteiger partial charge in [-0.15, -0.1) is 0 Å². The molecule has 0 aromatic heterocycles. The molecule has 3 amide bonds. The molecule has 1 aliphatic heterocycles. The maximum atomic E-state index is 13.1. The average Bonchev–Trinajstić information content (AvgIpc) is 2.64. The van der Waals surface area contributed by atoms with Gasteiger partial charge in [-0.3, -0.25) is 14.4 Å². The first-order chi connectivity index (χ1) is 13.1. The molecular formula is C21H30FN3O3. The Morgan fingerprint density at radius 1 is 1.21 bits per heavy atom. The summed E-state index contributed by atoms with van der Waals surface area (Å²) in [6.45, 7) is 8.83. The molecular weight excluding hydrogens is 361 g/mol. The van der Waals surface area contributed by atoms with Crippen LogP contribution in [0.3, 0.4) is 0 Å². The lowest BCUT2D eigenvalue weighted by Gasteiger charge is -2.35. The summed E-state index contributed by atoms with van der Waals surface area (Å²) in [6, 6.07) is 5.43. The van der Waals surface area contributed by atoms with Crippen LogP contribution in [0.15, 0.2) is 24.3 Å². The molecule has 1 atom stereocenters. The zero-order chi connectivity index (χ0) is 20.9. The van der Waals surface area contributed by atoms with Crippen molar-refractivity contribution in [2.24, 2.45) is 5.92 Å². The van der Waals surface area contributed by atoms with Gasteiger partial charge >= 0.3 is 0 Å². The van der Waals surface area contributed by atoms with Gasteiger partial charge in [-0.2, -0.15) is 0 Å². The SMILES string of the molecule is CCN(CC(=O)NC(C)(C)C)C(=O)C1CCCN(C(=O)c2ccc(F)cc2)C1. The van der Waals surface area contributed by atoms with E-state index in [2.05, 4.69) is 5.32 Å². The van der Waals surface area contributed by atoms with Crippen LogP contribution in [-0.2, 0) is 9.59 Å². The Kier molecular flexibility index (Phi) is 7.16. The second-order valence-electron chi connectivity index (χ2n) is 8.25. The molecule has 1 aromatic carbocycles. The Bertz CT molecular complexity index is 713. The summed E-state index contributed by atoms with van der Waals surface area (Å²) in [4.78, 5) is 41.0. The molecule has 1 aliphatic rings. The van der Waals surface area contributed by atoms with Crippen molar-refractivity contribution >= 4 is 17.7 Å². The fourth-order valence-electron chi connectivity index (χ4n) is 3.37. The monoisotopic (exact) mass is 391 g/mol. The van der Waals surface area contributed by atoms with E-state index >= 15 is 0 Å². The molecule has 0 saturated carbocycles. The highest BCUT2D eigenvalue weighted by Crippen LogP contribution is 2.21. The number of halogens is 1. The number of likely N-dealkylation sites (tertiary alicyclic amines) is 1. The number of carbonyl (C=O) groups excluding carboxylic acids is 3. The predicted octanol–water partition coefficient (Wildman–Crippen LogP) is 2.44. The lowest BCUT2D eigenvalue weighted by molar-refractivity contribution is -0.140. The van der Waals surface area contributed by atoms with E-state index in [1.165, 1.54) is 29.2 Å². The summed E-state index contributed by atoms with van der Waals surface area (Å²) in [5.74, 6) is -1.23. The van der Waals surface area contributed by atoms with Crippen LogP contribution >= 0.6 is 0 Å². The number of amides is 3. The van der Waals surface area contributed by atoms with Crippen LogP contribution in [0, 0.1) is 11.7 Å². The predicted molar refractivity (Wildman–Crippen MR) is 105 cm³/mol. The Hall–Kier alpha value is -2.44. The fourth-order valence-corrected chi connectivity index (χ4v) is 3.37. The molecule has 0 spiro atoms. The molecule has 0 bridgehead atoms. The number of likely N-dealkylation sites (N-methyl/N-ethyl adjacent to an activating group) is 1. The van der Waals surface area contributed by atoms with Crippen LogP contribution in [0.1, 0.15) is 50.9 Å². The standard InChI is InChI=1S/C21H30FN3O3/c1-5-24(14-18(26)23-21(2,3)4)20(28)16-7-6-12-25(13-16)19(27)15-8-10-17(22)11-9-15/h8-11,16H,5-7,12-14H2,1-4H3,(H,23,26). The highest BCUT2D eigenvalue weighted by molar-refractivity contribution is 5.95. The maximum absolute atomic E-state index is 13.1.